The zero-order chi connectivity index (χ0) is 14.8. The Hall–Kier alpha value is -2.55. The van der Waals surface area contributed by atoms with Crippen LogP contribution in [0.1, 0.15) is 11.1 Å². The molecular weight excluding hydrogens is 262 g/mol. The fourth-order valence-corrected chi connectivity index (χ4v) is 2.41. The van der Waals surface area contributed by atoms with Crippen LogP contribution in [0.5, 0.6) is 5.75 Å². The molecule has 21 heavy (non-hydrogen) atoms. The Morgan fingerprint density at radius 3 is 2.52 bits per heavy atom. The zero-order valence-electron chi connectivity index (χ0n) is 12.2. The van der Waals surface area contributed by atoms with Crippen molar-refractivity contribution >= 4 is 10.8 Å². The van der Waals surface area contributed by atoms with Gasteiger partial charge in [-0.3, -0.25) is 4.79 Å². The first-order chi connectivity index (χ1) is 10.2. The maximum absolute atomic E-state index is 12.5. The molecule has 0 spiro atoms. The number of aromatic nitrogens is 1. The number of ether oxygens (including phenoxy) is 1. The SMILES string of the molecule is COc1ccc2c(=O)n(Cc3ccc(C)cc3)ccc2c1. The maximum atomic E-state index is 12.5. The standard InChI is InChI=1S/C18H17NO2/c1-13-3-5-14(6-4-13)12-19-10-9-15-11-16(21-2)7-8-17(15)18(19)20/h3-11H,12H2,1-2H3. The van der Waals surface area contributed by atoms with Gasteiger partial charge in [0.25, 0.3) is 5.56 Å². The summed E-state index contributed by atoms with van der Waals surface area (Å²) in [5.41, 5.74) is 2.36. The molecule has 0 aliphatic rings. The number of hydrogen-bond acceptors (Lipinski definition) is 2. The van der Waals surface area contributed by atoms with E-state index >= 15 is 0 Å². The summed E-state index contributed by atoms with van der Waals surface area (Å²) in [6.45, 7) is 2.64. The molecule has 0 aliphatic carbocycles. The first-order valence-electron chi connectivity index (χ1n) is 6.90. The van der Waals surface area contributed by atoms with Crippen molar-refractivity contribution < 1.29 is 4.74 Å². The minimum Gasteiger partial charge on any atom is -0.497 e. The highest BCUT2D eigenvalue weighted by Crippen LogP contribution is 2.18. The van der Waals surface area contributed by atoms with E-state index in [2.05, 4.69) is 31.2 Å². The van der Waals surface area contributed by atoms with Crippen LogP contribution in [0.25, 0.3) is 10.8 Å². The lowest BCUT2D eigenvalue weighted by Crippen LogP contribution is -2.19. The third-order valence-corrected chi connectivity index (χ3v) is 3.66. The van der Waals surface area contributed by atoms with Crippen molar-refractivity contribution in [1.82, 2.24) is 4.57 Å². The molecule has 3 nitrogen and oxygen atoms in total. The summed E-state index contributed by atoms with van der Waals surface area (Å²) < 4.78 is 6.93. The van der Waals surface area contributed by atoms with E-state index in [4.69, 9.17) is 4.74 Å². The molecule has 0 saturated heterocycles. The van der Waals surface area contributed by atoms with Crippen LogP contribution in [-0.2, 0) is 6.54 Å². The highest BCUT2D eigenvalue weighted by atomic mass is 16.5. The largest absolute Gasteiger partial charge is 0.497 e. The van der Waals surface area contributed by atoms with Crippen molar-refractivity contribution in [3.63, 3.8) is 0 Å². The van der Waals surface area contributed by atoms with E-state index < -0.39 is 0 Å². The lowest BCUT2D eigenvalue weighted by molar-refractivity contribution is 0.415. The molecule has 0 bridgehead atoms. The van der Waals surface area contributed by atoms with Gasteiger partial charge in [-0.1, -0.05) is 29.8 Å². The second-order valence-corrected chi connectivity index (χ2v) is 5.19. The summed E-state index contributed by atoms with van der Waals surface area (Å²) in [6.07, 6.45) is 1.84. The number of aryl methyl sites for hydroxylation is 1. The molecule has 0 N–H and O–H groups in total. The van der Waals surface area contributed by atoms with Crippen LogP contribution in [-0.4, -0.2) is 11.7 Å². The Bertz CT molecular complexity index is 832. The summed E-state index contributed by atoms with van der Waals surface area (Å²) in [6, 6.07) is 15.7. The smallest absolute Gasteiger partial charge is 0.258 e. The summed E-state index contributed by atoms with van der Waals surface area (Å²) in [5, 5.41) is 1.62. The monoisotopic (exact) mass is 279 g/mol. The van der Waals surface area contributed by atoms with Crippen molar-refractivity contribution in [2.45, 2.75) is 13.5 Å². The molecule has 3 rings (SSSR count). The molecule has 0 atom stereocenters. The predicted molar refractivity (Wildman–Crippen MR) is 85.0 cm³/mol. The molecule has 0 unspecified atom stereocenters. The summed E-state index contributed by atoms with van der Waals surface area (Å²) in [4.78, 5) is 12.5. The van der Waals surface area contributed by atoms with Crippen LogP contribution in [0.4, 0.5) is 0 Å². The minimum atomic E-state index is 0.0238. The molecular formula is C18H17NO2. The van der Waals surface area contributed by atoms with Crippen LogP contribution in [0.3, 0.4) is 0 Å². The summed E-state index contributed by atoms with van der Waals surface area (Å²) >= 11 is 0. The van der Waals surface area contributed by atoms with Gasteiger partial charge >= 0.3 is 0 Å². The molecule has 1 heterocycles. The van der Waals surface area contributed by atoms with Crippen molar-refractivity contribution in [2.24, 2.45) is 0 Å². The molecule has 0 aliphatic heterocycles. The van der Waals surface area contributed by atoms with Crippen molar-refractivity contribution in [2.75, 3.05) is 7.11 Å². The minimum absolute atomic E-state index is 0.0238. The second kappa shape index (κ2) is 5.44. The first-order valence-corrected chi connectivity index (χ1v) is 6.90. The van der Waals surface area contributed by atoms with Crippen LogP contribution in [0.15, 0.2) is 59.5 Å². The van der Waals surface area contributed by atoms with E-state index in [0.717, 1.165) is 16.7 Å². The van der Waals surface area contributed by atoms with Gasteiger partial charge in [-0.25, -0.2) is 0 Å². The molecule has 0 saturated carbocycles. The topological polar surface area (TPSA) is 31.2 Å². The highest BCUT2D eigenvalue weighted by Gasteiger charge is 2.04. The lowest BCUT2D eigenvalue weighted by Gasteiger charge is -2.08. The van der Waals surface area contributed by atoms with Gasteiger partial charge in [0.1, 0.15) is 5.75 Å². The van der Waals surface area contributed by atoms with Gasteiger partial charge in [0.2, 0.25) is 0 Å². The van der Waals surface area contributed by atoms with Gasteiger partial charge in [-0.2, -0.15) is 0 Å². The fourth-order valence-electron chi connectivity index (χ4n) is 2.41. The molecule has 0 fully saturated rings. The number of methoxy groups -OCH3 is 1. The van der Waals surface area contributed by atoms with E-state index in [9.17, 15) is 4.79 Å². The van der Waals surface area contributed by atoms with Crippen molar-refractivity contribution in [3.8, 4) is 5.75 Å². The summed E-state index contributed by atoms with van der Waals surface area (Å²) in [7, 11) is 1.62. The zero-order valence-corrected chi connectivity index (χ0v) is 12.2. The van der Waals surface area contributed by atoms with E-state index in [0.29, 0.717) is 11.9 Å². The Kier molecular flexibility index (Phi) is 3.48. The third kappa shape index (κ3) is 2.68. The molecule has 3 heteroatoms. The van der Waals surface area contributed by atoms with Crippen molar-refractivity contribution in [3.05, 3.63) is 76.2 Å². The van der Waals surface area contributed by atoms with Crippen LogP contribution >= 0.6 is 0 Å². The molecule has 1 aromatic heterocycles. The van der Waals surface area contributed by atoms with Crippen LogP contribution in [0, 0.1) is 6.92 Å². The molecule has 0 radical (unpaired) electrons. The number of benzene rings is 2. The number of nitrogens with zero attached hydrogens (tertiary/aromatic N) is 1. The Morgan fingerprint density at radius 1 is 1.05 bits per heavy atom. The third-order valence-electron chi connectivity index (χ3n) is 3.66. The number of pyridine rings is 1. The van der Waals surface area contributed by atoms with Crippen molar-refractivity contribution in [1.29, 1.82) is 0 Å². The van der Waals surface area contributed by atoms with E-state index in [1.54, 1.807) is 11.7 Å². The molecule has 106 valence electrons. The summed E-state index contributed by atoms with van der Waals surface area (Å²) in [5.74, 6) is 0.762. The van der Waals surface area contributed by atoms with Gasteiger partial charge in [0, 0.05) is 11.6 Å². The van der Waals surface area contributed by atoms with Gasteiger partial charge in [-0.15, -0.1) is 0 Å². The Labute approximate surface area is 123 Å². The number of rotatable bonds is 3. The van der Waals surface area contributed by atoms with E-state index in [-0.39, 0.29) is 5.56 Å². The first kappa shape index (κ1) is 13.4. The quantitative estimate of drug-likeness (QED) is 0.736. The number of hydrogen-bond donors (Lipinski definition) is 0. The normalized spacial score (nSPS) is 10.8. The van der Waals surface area contributed by atoms with Gasteiger partial charge in [0.15, 0.2) is 0 Å². The average Bonchev–Trinajstić information content (AvgIpc) is 2.52. The fraction of sp³-hybridized carbons (Fsp3) is 0.167. The second-order valence-electron chi connectivity index (χ2n) is 5.19. The number of fused-ring (bicyclic) bond motifs is 1. The predicted octanol–water partition coefficient (Wildman–Crippen LogP) is 3.37. The highest BCUT2D eigenvalue weighted by molar-refractivity contribution is 5.82. The van der Waals surface area contributed by atoms with E-state index in [1.165, 1.54) is 5.56 Å². The lowest BCUT2D eigenvalue weighted by atomic mass is 10.1. The average molecular weight is 279 g/mol. The molecule has 0 amide bonds. The maximum Gasteiger partial charge on any atom is 0.258 e. The van der Waals surface area contributed by atoms with Gasteiger partial charge in [0.05, 0.1) is 13.7 Å². The van der Waals surface area contributed by atoms with Crippen LogP contribution < -0.4 is 10.3 Å². The van der Waals surface area contributed by atoms with Crippen LogP contribution in [0.2, 0.25) is 0 Å². The van der Waals surface area contributed by atoms with Gasteiger partial charge in [-0.05, 0) is 42.1 Å². The molecule has 3 aromatic rings. The molecule has 2 aromatic carbocycles. The van der Waals surface area contributed by atoms with E-state index in [1.807, 2.05) is 30.5 Å². The Morgan fingerprint density at radius 2 is 1.81 bits per heavy atom. The Balaban J connectivity index is 2.02. The van der Waals surface area contributed by atoms with Gasteiger partial charge < -0.3 is 9.30 Å².